The first-order chi connectivity index (χ1) is 11.4. The van der Waals surface area contributed by atoms with E-state index in [2.05, 4.69) is 41.9 Å². The Morgan fingerprint density at radius 2 is 1.88 bits per heavy atom. The van der Waals surface area contributed by atoms with E-state index in [-0.39, 0.29) is 12.0 Å². The molecule has 1 fully saturated rings. The van der Waals surface area contributed by atoms with Crippen LogP contribution in [0.3, 0.4) is 0 Å². The van der Waals surface area contributed by atoms with Gasteiger partial charge in [0.25, 0.3) is 5.91 Å². The van der Waals surface area contributed by atoms with Gasteiger partial charge in [-0.3, -0.25) is 9.69 Å². The van der Waals surface area contributed by atoms with Gasteiger partial charge in [-0.05, 0) is 30.5 Å². The van der Waals surface area contributed by atoms with Crippen molar-refractivity contribution in [2.45, 2.75) is 32.8 Å². The molecule has 0 aliphatic carbocycles. The van der Waals surface area contributed by atoms with E-state index in [4.69, 9.17) is 0 Å². The molecule has 2 aromatic rings. The van der Waals surface area contributed by atoms with Crippen LogP contribution in [0.4, 0.5) is 0 Å². The van der Waals surface area contributed by atoms with E-state index >= 15 is 0 Å². The second-order valence-electron chi connectivity index (χ2n) is 7.13. The molecule has 0 saturated carbocycles. The quantitative estimate of drug-likeness (QED) is 0.906. The van der Waals surface area contributed by atoms with Gasteiger partial charge in [0.2, 0.25) is 0 Å². The van der Waals surface area contributed by atoms with E-state index in [1.165, 1.54) is 5.56 Å². The monoisotopic (exact) mass is 329 g/mol. The highest BCUT2D eigenvalue weighted by Crippen LogP contribution is 2.22. The van der Waals surface area contributed by atoms with Gasteiger partial charge < -0.3 is 15.0 Å². The highest BCUT2D eigenvalue weighted by atomic mass is 16.3. The summed E-state index contributed by atoms with van der Waals surface area (Å²) in [7, 11) is 0. The van der Waals surface area contributed by atoms with Crippen molar-refractivity contribution in [2.24, 2.45) is 0 Å². The zero-order valence-corrected chi connectivity index (χ0v) is 14.7. The van der Waals surface area contributed by atoms with Crippen LogP contribution in [0, 0.1) is 0 Å². The number of aromatic amines is 1. The van der Waals surface area contributed by atoms with Gasteiger partial charge in [0.05, 0.1) is 6.10 Å². The number of β-amino-alcohol motifs (C(OH)–C–C–N with tert-alkyl or cyclic N) is 1. The molecule has 24 heavy (non-hydrogen) atoms. The molecule has 130 valence electrons. The number of rotatable bonds is 4. The van der Waals surface area contributed by atoms with Gasteiger partial charge in [0.1, 0.15) is 5.69 Å². The zero-order chi connectivity index (χ0) is 17.3. The van der Waals surface area contributed by atoms with Crippen molar-refractivity contribution in [1.29, 1.82) is 0 Å². The summed E-state index contributed by atoms with van der Waals surface area (Å²) in [4.78, 5) is 20.1. The van der Waals surface area contributed by atoms with E-state index in [9.17, 15) is 9.90 Å². The van der Waals surface area contributed by atoms with E-state index in [1.807, 2.05) is 11.0 Å². The van der Waals surface area contributed by atoms with Crippen LogP contribution in [-0.4, -0.2) is 64.6 Å². The highest BCUT2D eigenvalue weighted by molar-refractivity contribution is 5.98. The minimum Gasteiger partial charge on any atom is -0.392 e. The molecule has 0 radical (unpaired) electrons. The first kappa shape index (κ1) is 17.0. The highest BCUT2D eigenvalue weighted by Gasteiger charge is 2.23. The number of carbonyl (C=O) groups excluding carboxylic acids is 1. The molecule has 1 aromatic heterocycles. The number of H-pyrrole nitrogens is 1. The zero-order valence-electron chi connectivity index (χ0n) is 14.7. The van der Waals surface area contributed by atoms with Crippen LogP contribution in [0.5, 0.6) is 0 Å². The molecule has 1 atom stereocenters. The first-order valence-corrected chi connectivity index (χ1v) is 8.76. The van der Waals surface area contributed by atoms with Crippen LogP contribution in [0.2, 0.25) is 0 Å². The van der Waals surface area contributed by atoms with E-state index < -0.39 is 0 Å². The fourth-order valence-corrected chi connectivity index (χ4v) is 3.30. The van der Waals surface area contributed by atoms with Crippen molar-refractivity contribution in [1.82, 2.24) is 14.8 Å². The van der Waals surface area contributed by atoms with Crippen LogP contribution in [-0.2, 0) is 0 Å². The Morgan fingerprint density at radius 1 is 1.17 bits per heavy atom. The Kier molecular flexibility index (Phi) is 4.92. The number of piperazine rings is 1. The normalized spacial score (nSPS) is 17.6. The maximum atomic E-state index is 12.7. The molecular weight excluding hydrogens is 302 g/mol. The SMILES string of the molecule is CC(C)c1ccc2cc(C(=O)N3CCN(C[C@H](C)O)CC3)[nH]c2c1. The van der Waals surface area contributed by atoms with Gasteiger partial charge in [-0.1, -0.05) is 26.0 Å². The number of amides is 1. The van der Waals surface area contributed by atoms with Crippen LogP contribution in [0.15, 0.2) is 24.3 Å². The van der Waals surface area contributed by atoms with Gasteiger partial charge in [0, 0.05) is 43.6 Å². The Labute approximate surface area is 143 Å². The van der Waals surface area contributed by atoms with Crippen LogP contribution in [0.1, 0.15) is 42.7 Å². The molecule has 5 heteroatoms. The lowest BCUT2D eigenvalue weighted by Crippen LogP contribution is -2.50. The predicted octanol–water partition coefficient (Wildman–Crippen LogP) is 2.43. The van der Waals surface area contributed by atoms with Crippen molar-refractivity contribution in [3.63, 3.8) is 0 Å². The van der Waals surface area contributed by atoms with E-state index in [0.717, 1.165) is 24.0 Å². The van der Waals surface area contributed by atoms with Crippen molar-refractivity contribution in [2.75, 3.05) is 32.7 Å². The molecule has 5 nitrogen and oxygen atoms in total. The summed E-state index contributed by atoms with van der Waals surface area (Å²) in [5, 5.41) is 10.6. The molecule has 0 bridgehead atoms. The standard InChI is InChI=1S/C19H27N3O2/c1-13(2)15-4-5-16-11-18(20-17(16)10-15)19(24)22-8-6-21(7-9-22)12-14(3)23/h4-5,10-11,13-14,20,23H,6-9,12H2,1-3H3/t14-/m0/s1. The minimum absolute atomic E-state index is 0.0639. The van der Waals surface area contributed by atoms with Crippen molar-refractivity contribution < 1.29 is 9.90 Å². The average Bonchev–Trinajstić information content (AvgIpc) is 2.97. The average molecular weight is 329 g/mol. The summed E-state index contributed by atoms with van der Waals surface area (Å²) in [6, 6.07) is 8.30. The van der Waals surface area contributed by atoms with Crippen molar-refractivity contribution in [3.05, 3.63) is 35.5 Å². The molecule has 0 unspecified atom stereocenters. The maximum Gasteiger partial charge on any atom is 0.270 e. The molecule has 0 spiro atoms. The lowest BCUT2D eigenvalue weighted by molar-refractivity contribution is 0.0550. The van der Waals surface area contributed by atoms with Crippen LogP contribution in [0.25, 0.3) is 10.9 Å². The Balaban J connectivity index is 1.70. The number of hydrogen-bond donors (Lipinski definition) is 2. The number of nitrogens with one attached hydrogen (secondary N) is 1. The molecule has 1 aliphatic rings. The molecule has 1 aliphatic heterocycles. The van der Waals surface area contributed by atoms with Gasteiger partial charge in [-0.25, -0.2) is 0 Å². The van der Waals surface area contributed by atoms with Crippen LogP contribution >= 0.6 is 0 Å². The Morgan fingerprint density at radius 3 is 2.50 bits per heavy atom. The summed E-state index contributed by atoms with van der Waals surface area (Å²) < 4.78 is 0. The second kappa shape index (κ2) is 6.95. The fraction of sp³-hybridized carbons (Fsp3) is 0.526. The number of aliphatic hydroxyl groups is 1. The first-order valence-electron chi connectivity index (χ1n) is 8.76. The number of aliphatic hydroxyl groups excluding tert-OH is 1. The molecule has 1 aromatic carbocycles. The fourth-order valence-electron chi connectivity index (χ4n) is 3.30. The van der Waals surface area contributed by atoms with Crippen molar-refractivity contribution in [3.8, 4) is 0 Å². The van der Waals surface area contributed by atoms with Gasteiger partial charge in [0.15, 0.2) is 0 Å². The minimum atomic E-state index is -0.323. The molecule has 2 heterocycles. The third-order valence-electron chi connectivity index (χ3n) is 4.73. The van der Waals surface area contributed by atoms with E-state index in [0.29, 0.717) is 31.2 Å². The maximum absolute atomic E-state index is 12.7. The topological polar surface area (TPSA) is 59.6 Å². The number of carbonyl (C=O) groups is 1. The Hall–Kier alpha value is -1.85. The third kappa shape index (κ3) is 3.62. The molecule has 1 amide bonds. The molecule has 2 N–H and O–H groups in total. The molecule has 3 rings (SSSR count). The number of nitrogens with zero attached hydrogens (tertiary/aromatic N) is 2. The summed E-state index contributed by atoms with van der Waals surface area (Å²) in [6.07, 6.45) is -0.323. The largest absolute Gasteiger partial charge is 0.392 e. The van der Waals surface area contributed by atoms with Crippen LogP contribution < -0.4 is 0 Å². The summed E-state index contributed by atoms with van der Waals surface area (Å²) in [5.41, 5.74) is 2.96. The second-order valence-corrected chi connectivity index (χ2v) is 7.13. The summed E-state index contributed by atoms with van der Waals surface area (Å²) >= 11 is 0. The molecule has 1 saturated heterocycles. The lowest BCUT2D eigenvalue weighted by Gasteiger charge is -2.35. The molecular formula is C19H27N3O2. The number of hydrogen-bond acceptors (Lipinski definition) is 3. The van der Waals surface area contributed by atoms with E-state index in [1.54, 1.807) is 6.92 Å². The summed E-state index contributed by atoms with van der Waals surface area (Å²) in [5.74, 6) is 0.535. The number of fused-ring (bicyclic) bond motifs is 1. The van der Waals surface area contributed by atoms with Crippen molar-refractivity contribution >= 4 is 16.8 Å². The van der Waals surface area contributed by atoms with Gasteiger partial charge in [-0.15, -0.1) is 0 Å². The number of aromatic nitrogens is 1. The Bertz CT molecular complexity index is 712. The predicted molar refractivity (Wildman–Crippen MR) is 96.4 cm³/mol. The smallest absolute Gasteiger partial charge is 0.270 e. The van der Waals surface area contributed by atoms with Gasteiger partial charge >= 0.3 is 0 Å². The summed E-state index contributed by atoms with van der Waals surface area (Å²) in [6.45, 7) is 9.85. The van der Waals surface area contributed by atoms with Gasteiger partial charge in [-0.2, -0.15) is 0 Å². The lowest BCUT2D eigenvalue weighted by atomic mass is 10.0. The third-order valence-corrected chi connectivity index (χ3v) is 4.73. The number of benzene rings is 1.